The number of hydrogen-bond donors (Lipinski definition) is 2. The van der Waals surface area contributed by atoms with Gasteiger partial charge >= 0.3 is 5.97 Å². The van der Waals surface area contributed by atoms with Gasteiger partial charge in [0.2, 0.25) is 0 Å². The molecule has 0 radical (unpaired) electrons. The fourth-order valence-corrected chi connectivity index (χ4v) is 5.25. The van der Waals surface area contributed by atoms with E-state index in [0.29, 0.717) is 15.0 Å². The van der Waals surface area contributed by atoms with Crippen molar-refractivity contribution < 1.29 is 15.0 Å². The van der Waals surface area contributed by atoms with Crippen molar-refractivity contribution in [2.24, 2.45) is 0 Å². The number of pyridine rings is 1. The largest absolute Gasteiger partial charge is 0.479 e. The predicted octanol–water partition coefficient (Wildman–Crippen LogP) is 4.41. The van der Waals surface area contributed by atoms with Gasteiger partial charge in [-0.1, -0.05) is 54.6 Å². The maximum absolute atomic E-state index is 11.6. The number of carboxylic acid groups (broad SMARTS) is 1. The molecule has 3 rings (SSSR count). The first-order valence-corrected chi connectivity index (χ1v) is 11.2. The van der Waals surface area contributed by atoms with Gasteiger partial charge in [-0.05, 0) is 30.5 Å². The standard InChI is InChI=1S/C21H22NO3PS/c23-20(24)21(25,13-12-16-6-2-1-3-7-16)14-26-15-27-19-11-10-17-8-4-5-9-18(17)22-19/h1-11,25-26H,12-15H2,(H,23,24). The van der Waals surface area contributed by atoms with Crippen molar-refractivity contribution in [2.75, 3.05) is 11.7 Å². The monoisotopic (exact) mass is 399 g/mol. The molecule has 0 saturated heterocycles. The summed E-state index contributed by atoms with van der Waals surface area (Å²) < 4.78 is 0. The number of thioether (sulfide) groups is 1. The van der Waals surface area contributed by atoms with Gasteiger partial charge in [0.15, 0.2) is 5.60 Å². The number of nitrogens with zero attached hydrogens (tertiary/aromatic N) is 1. The molecule has 1 heterocycles. The number of para-hydroxylation sites is 1. The molecule has 6 heteroatoms. The second-order valence-electron chi connectivity index (χ2n) is 6.38. The molecule has 2 atom stereocenters. The molecule has 0 spiro atoms. The average Bonchev–Trinajstić information content (AvgIpc) is 2.70. The van der Waals surface area contributed by atoms with Crippen LogP contribution in [-0.2, 0) is 11.2 Å². The third-order valence-electron chi connectivity index (χ3n) is 4.38. The molecule has 0 aliphatic rings. The number of aryl methyl sites for hydroxylation is 1. The van der Waals surface area contributed by atoms with Gasteiger partial charge in [0, 0.05) is 17.0 Å². The second kappa shape index (κ2) is 9.32. The van der Waals surface area contributed by atoms with Crippen LogP contribution in [-0.4, -0.2) is 38.4 Å². The Hall–Kier alpha value is -1.94. The Morgan fingerprint density at radius 3 is 2.56 bits per heavy atom. The number of aliphatic carboxylic acids is 1. The number of rotatable bonds is 9. The number of fused-ring (bicyclic) bond motifs is 1. The highest BCUT2D eigenvalue weighted by molar-refractivity contribution is 8.03. The summed E-state index contributed by atoms with van der Waals surface area (Å²) in [6.45, 7) is 0. The van der Waals surface area contributed by atoms with E-state index < -0.39 is 11.6 Å². The highest BCUT2D eigenvalue weighted by Gasteiger charge is 2.34. The summed E-state index contributed by atoms with van der Waals surface area (Å²) in [6.07, 6.45) is 1.03. The van der Waals surface area contributed by atoms with E-state index in [4.69, 9.17) is 0 Å². The SMILES string of the molecule is O=C(O)C(O)(CCc1ccccc1)CPCSc1ccc2ccccc2n1. The number of carboxylic acids is 1. The maximum atomic E-state index is 11.6. The summed E-state index contributed by atoms with van der Waals surface area (Å²) in [6, 6.07) is 21.6. The van der Waals surface area contributed by atoms with Gasteiger partial charge in [-0.3, -0.25) is 0 Å². The third-order valence-corrected chi connectivity index (χ3v) is 7.13. The van der Waals surface area contributed by atoms with E-state index in [2.05, 4.69) is 4.98 Å². The van der Waals surface area contributed by atoms with Gasteiger partial charge < -0.3 is 10.2 Å². The lowest BCUT2D eigenvalue weighted by Crippen LogP contribution is -2.41. The van der Waals surface area contributed by atoms with Crippen molar-refractivity contribution in [3.63, 3.8) is 0 Å². The molecule has 0 saturated carbocycles. The van der Waals surface area contributed by atoms with Crippen LogP contribution in [0.4, 0.5) is 0 Å². The van der Waals surface area contributed by atoms with Crippen LogP contribution < -0.4 is 0 Å². The zero-order chi connectivity index (χ0) is 19.1. The normalized spacial score (nSPS) is 13.8. The minimum Gasteiger partial charge on any atom is -0.479 e. The average molecular weight is 399 g/mol. The number of aromatic nitrogens is 1. The Labute approximate surface area is 164 Å². The molecule has 2 N–H and O–H groups in total. The van der Waals surface area contributed by atoms with Crippen LogP contribution in [0.3, 0.4) is 0 Å². The highest BCUT2D eigenvalue weighted by Crippen LogP contribution is 2.30. The summed E-state index contributed by atoms with van der Waals surface area (Å²) in [4.78, 5) is 16.2. The first-order chi connectivity index (χ1) is 13.1. The Kier molecular flexibility index (Phi) is 6.84. The Morgan fingerprint density at radius 1 is 1.04 bits per heavy atom. The minimum atomic E-state index is -1.67. The lowest BCUT2D eigenvalue weighted by atomic mass is 9.97. The molecule has 4 nitrogen and oxygen atoms in total. The molecule has 0 aliphatic carbocycles. The summed E-state index contributed by atoms with van der Waals surface area (Å²) >= 11 is 1.60. The summed E-state index contributed by atoms with van der Waals surface area (Å²) in [5.41, 5.74) is 1.06. The zero-order valence-corrected chi connectivity index (χ0v) is 16.7. The number of carbonyl (C=O) groups is 1. The van der Waals surface area contributed by atoms with Crippen LogP contribution >= 0.6 is 20.3 Å². The fourth-order valence-electron chi connectivity index (χ4n) is 2.78. The fraction of sp³-hybridized carbons (Fsp3) is 0.238. The van der Waals surface area contributed by atoms with Crippen LogP contribution in [0.5, 0.6) is 0 Å². The van der Waals surface area contributed by atoms with Crippen molar-refractivity contribution in [2.45, 2.75) is 23.5 Å². The number of benzene rings is 2. The Morgan fingerprint density at radius 2 is 1.78 bits per heavy atom. The van der Waals surface area contributed by atoms with E-state index in [1.807, 2.05) is 66.7 Å². The predicted molar refractivity (Wildman–Crippen MR) is 113 cm³/mol. The molecule has 2 unspecified atom stereocenters. The van der Waals surface area contributed by atoms with Crippen LogP contribution in [0, 0.1) is 0 Å². The lowest BCUT2D eigenvalue weighted by Gasteiger charge is -2.23. The van der Waals surface area contributed by atoms with Gasteiger partial charge in [-0.2, -0.15) is 0 Å². The van der Waals surface area contributed by atoms with Crippen molar-refractivity contribution in [3.05, 3.63) is 72.3 Å². The molecule has 1 aromatic heterocycles. The molecule has 0 fully saturated rings. The molecule has 0 amide bonds. The first-order valence-electron chi connectivity index (χ1n) is 8.76. The smallest absolute Gasteiger partial charge is 0.336 e. The topological polar surface area (TPSA) is 70.4 Å². The van der Waals surface area contributed by atoms with Crippen LogP contribution in [0.1, 0.15) is 12.0 Å². The molecule has 27 heavy (non-hydrogen) atoms. The number of aliphatic hydroxyl groups is 1. The van der Waals surface area contributed by atoms with E-state index in [0.717, 1.165) is 27.0 Å². The van der Waals surface area contributed by atoms with Crippen LogP contribution in [0.2, 0.25) is 0 Å². The van der Waals surface area contributed by atoms with Gasteiger partial charge in [-0.25, -0.2) is 9.78 Å². The van der Waals surface area contributed by atoms with Crippen LogP contribution in [0.15, 0.2) is 71.8 Å². The van der Waals surface area contributed by atoms with Crippen molar-refractivity contribution in [3.8, 4) is 0 Å². The third kappa shape index (κ3) is 5.52. The van der Waals surface area contributed by atoms with E-state index in [9.17, 15) is 15.0 Å². The number of hydrogen-bond acceptors (Lipinski definition) is 4. The minimum absolute atomic E-state index is 0.220. The van der Waals surface area contributed by atoms with Gasteiger partial charge in [0.25, 0.3) is 0 Å². The molecular formula is C21H22NO3PS. The van der Waals surface area contributed by atoms with E-state index in [1.54, 1.807) is 11.8 Å². The van der Waals surface area contributed by atoms with E-state index in [1.165, 1.54) is 0 Å². The molecule has 140 valence electrons. The first kappa shape index (κ1) is 19.8. The maximum Gasteiger partial charge on any atom is 0.336 e. The van der Waals surface area contributed by atoms with Gasteiger partial charge in [0.05, 0.1) is 10.5 Å². The molecule has 2 aromatic carbocycles. The molecule has 0 aliphatic heterocycles. The summed E-state index contributed by atoms with van der Waals surface area (Å²) in [7, 11) is 0.339. The van der Waals surface area contributed by atoms with E-state index in [-0.39, 0.29) is 12.6 Å². The van der Waals surface area contributed by atoms with Gasteiger partial charge in [-0.15, -0.1) is 20.3 Å². The second-order valence-corrected chi connectivity index (χ2v) is 9.10. The molecule has 0 bridgehead atoms. The zero-order valence-electron chi connectivity index (χ0n) is 14.8. The quantitative estimate of drug-likeness (QED) is 0.317. The highest BCUT2D eigenvalue weighted by atomic mass is 32.2. The van der Waals surface area contributed by atoms with E-state index >= 15 is 0 Å². The van der Waals surface area contributed by atoms with Crippen molar-refractivity contribution in [1.29, 1.82) is 0 Å². The Bertz CT molecular complexity index is 906. The van der Waals surface area contributed by atoms with Crippen molar-refractivity contribution >= 4 is 37.2 Å². The summed E-state index contributed by atoms with van der Waals surface area (Å²) in [5.74, 6) is -1.14. The Balaban J connectivity index is 1.52. The molecular weight excluding hydrogens is 377 g/mol. The van der Waals surface area contributed by atoms with Crippen molar-refractivity contribution in [1.82, 2.24) is 4.98 Å². The summed E-state index contributed by atoms with van der Waals surface area (Å²) in [5, 5.41) is 22.1. The lowest BCUT2D eigenvalue weighted by molar-refractivity contribution is -0.156. The molecule has 3 aromatic rings. The van der Waals surface area contributed by atoms with Crippen LogP contribution in [0.25, 0.3) is 10.9 Å². The van der Waals surface area contributed by atoms with Gasteiger partial charge in [0.1, 0.15) is 0 Å².